The SMILES string of the molecule is CCOC(=O)N1CCc2c(c(C(N)=O)nn2-c2cc(C#C[C@]3(O)CCN(C)C3=O)ccn2)C1. The van der Waals surface area contributed by atoms with Gasteiger partial charge in [0.1, 0.15) is 0 Å². The Kier molecular flexibility index (Phi) is 5.78. The zero-order valence-electron chi connectivity index (χ0n) is 18.4. The maximum Gasteiger partial charge on any atom is 0.410 e. The summed E-state index contributed by atoms with van der Waals surface area (Å²) in [7, 11) is 1.62. The lowest BCUT2D eigenvalue weighted by Crippen LogP contribution is -2.37. The number of primary amides is 1. The van der Waals surface area contributed by atoms with Crippen LogP contribution in [0.3, 0.4) is 0 Å². The number of hydrogen-bond acceptors (Lipinski definition) is 7. The van der Waals surface area contributed by atoms with E-state index in [0.29, 0.717) is 42.1 Å². The number of fused-ring (bicyclic) bond motifs is 1. The fraction of sp³-hybridized carbons (Fsp3) is 0.409. The summed E-state index contributed by atoms with van der Waals surface area (Å²) in [4.78, 5) is 43.6. The normalized spacial score (nSPS) is 19.7. The molecule has 172 valence electrons. The molecular weight excluding hydrogens is 428 g/mol. The van der Waals surface area contributed by atoms with Gasteiger partial charge in [0.05, 0.1) is 18.8 Å². The number of carbonyl (C=O) groups excluding carboxylic acids is 3. The summed E-state index contributed by atoms with van der Waals surface area (Å²) < 4.78 is 6.58. The molecule has 2 aliphatic rings. The van der Waals surface area contributed by atoms with E-state index in [0.717, 1.165) is 0 Å². The molecule has 0 saturated carbocycles. The van der Waals surface area contributed by atoms with Gasteiger partial charge in [-0.3, -0.25) is 9.59 Å². The van der Waals surface area contributed by atoms with E-state index in [1.54, 1.807) is 26.1 Å². The quantitative estimate of drug-likeness (QED) is 0.615. The first-order valence-electron chi connectivity index (χ1n) is 10.5. The van der Waals surface area contributed by atoms with Crippen LogP contribution < -0.4 is 5.73 Å². The lowest BCUT2D eigenvalue weighted by molar-refractivity contribution is -0.137. The minimum atomic E-state index is -1.71. The van der Waals surface area contributed by atoms with Gasteiger partial charge in [-0.1, -0.05) is 11.8 Å². The fourth-order valence-electron chi connectivity index (χ4n) is 3.93. The number of nitrogens with two attached hydrogens (primary N) is 1. The number of rotatable bonds is 3. The van der Waals surface area contributed by atoms with Crippen molar-refractivity contribution in [2.45, 2.75) is 31.9 Å². The van der Waals surface area contributed by atoms with Crippen LogP contribution >= 0.6 is 0 Å². The number of likely N-dealkylation sites (N-methyl/N-ethyl adjacent to an activating group) is 1. The van der Waals surface area contributed by atoms with Crippen molar-refractivity contribution in [2.24, 2.45) is 5.73 Å². The maximum atomic E-state index is 12.1. The zero-order chi connectivity index (χ0) is 23.8. The minimum absolute atomic E-state index is 0.0613. The fourth-order valence-corrected chi connectivity index (χ4v) is 3.93. The Labute approximate surface area is 190 Å². The van der Waals surface area contributed by atoms with Gasteiger partial charge in [0, 0.05) is 50.3 Å². The lowest BCUT2D eigenvalue weighted by atomic mass is 10.0. The third-order valence-electron chi connectivity index (χ3n) is 5.70. The highest BCUT2D eigenvalue weighted by Crippen LogP contribution is 2.26. The maximum absolute atomic E-state index is 12.1. The van der Waals surface area contributed by atoms with E-state index in [1.165, 1.54) is 20.7 Å². The molecule has 2 aliphatic heterocycles. The van der Waals surface area contributed by atoms with Crippen molar-refractivity contribution in [1.29, 1.82) is 0 Å². The Morgan fingerprint density at radius 1 is 1.36 bits per heavy atom. The average molecular weight is 452 g/mol. The smallest absolute Gasteiger partial charge is 0.410 e. The van der Waals surface area contributed by atoms with E-state index in [9.17, 15) is 19.5 Å². The molecule has 1 saturated heterocycles. The molecule has 0 radical (unpaired) electrons. The summed E-state index contributed by atoms with van der Waals surface area (Å²) in [5, 5.41) is 14.9. The zero-order valence-corrected chi connectivity index (χ0v) is 18.4. The molecule has 0 unspecified atom stereocenters. The summed E-state index contributed by atoms with van der Waals surface area (Å²) in [6.45, 7) is 2.94. The highest BCUT2D eigenvalue weighted by Gasteiger charge is 2.42. The molecule has 3 N–H and O–H groups in total. The van der Waals surface area contributed by atoms with Gasteiger partial charge in [-0.05, 0) is 19.1 Å². The average Bonchev–Trinajstić information content (AvgIpc) is 3.31. The monoisotopic (exact) mass is 452 g/mol. The molecule has 2 aromatic heterocycles. The summed E-state index contributed by atoms with van der Waals surface area (Å²) in [5.41, 5.74) is 5.68. The standard InChI is InChI=1S/C22H24N6O5/c1-3-33-21(31)27-10-6-16-15(13-27)18(19(23)29)25-28(16)17-12-14(5-9-24-17)4-7-22(32)8-11-26(2)20(22)30/h5,9,12,32H,3,6,8,10-11,13H2,1-2H3,(H2,23,29)/t22-/m0/s1. The molecule has 33 heavy (non-hydrogen) atoms. The molecular formula is C22H24N6O5. The van der Waals surface area contributed by atoms with Crippen molar-refractivity contribution in [1.82, 2.24) is 24.6 Å². The Morgan fingerprint density at radius 2 is 2.15 bits per heavy atom. The van der Waals surface area contributed by atoms with E-state index in [1.807, 2.05) is 0 Å². The second kappa shape index (κ2) is 8.55. The van der Waals surface area contributed by atoms with Crippen LogP contribution in [0.5, 0.6) is 0 Å². The number of carbonyl (C=O) groups is 3. The Morgan fingerprint density at radius 3 is 2.82 bits per heavy atom. The topological polar surface area (TPSA) is 144 Å². The van der Waals surface area contributed by atoms with Gasteiger partial charge in [-0.15, -0.1) is 0 Å². The van der Waals surface area contributed by atoms with E-state index >= 15 is 0 Å². The predicted octanol–water partition coefficient (Wildman–Crippen LogP) is -0.174. The van der Waals surface area contributed by atoms with Crippen LogP contribution in [0.25, 0.3) is 5.82 Å². The highest BCUT2D eigenvalue weighted by molar-refractivity contribution is 5.93. The first-order valence-corrected chi connectivity index (χ1v) is 10.5. The van der Waals surface area contributed by atoms with Crippen LogP contribution in [0, 0.1) is 11.8 Å². The first kappa shape index (κ1) is 22.3. The molecule has 1 fully saturated rings. The van der Waals surface area contributed by atoms with Crippen LogP contribution in [0.2, 0.25) is 0 Å². The molecule has 1 atom stereocenters. The van der Waals surface area contributed by atoms with Crippen molar-refractivity contribution in [3.63, 3.8) is 0 Å². The van der Waals surface area contributed by atoms with Gasteiger partial charge in [0.25, 0.3) is 11.8 Å². The molecule has 0 bridgehead atoms. The molecule has 11 nitrogen and oxygen atoms in total. The van der Waals surface area contributed by atoms with E-state index in [2.05, 4.69) is 21.9 Å². The highest BCUT2D eigenvalue weighted by atomic mass is 16.6. The Hall–Kier alpha value is -3.91. The molecule has 3 amide bonds. The van der Waals surface area contributed by atoms with Gasteiger partial charge in [0.15, 0.2) is 11.5 Å². The molecule has 0 aliphatic carbocycles. The summed E-state index contributed by atoms with van der Waals surface area (Å²) in [6.07, 6.45) is 1.72. The number of aromatic nitrogens is 3. The number of hydrogen-bond donors (Lipinski definition) is 2. The Bertz CT molecular complexity index is 1200. The van der Waals surface area contributed by atoms with Crippen LogP contribution in [0.1, 0.15) is 40.7 Å². The van der Waals surface area contributed by atoms with E-state index < -0.39 is 23.5 Å². The summed E-state index contributed by atoms with van der Waals surface area (Å²) in [5.74, 6) is 4.78. The van der Waals surface area contributed by atoms with Gasteiger partial charge in [-0.2, -0.15) is 5.10 Å². The molecule has 4 rings (SSSR count). The van der Waals surface area contributed by atoms with Crippen molar-refractivity contribution in [2.75, 3.05) is 26.7 Å². The number of likely N-dealkylation sites (tertiary alicyclic amines) is 1. The molecule has 4 heterocycles. The third-order valence-corrected chi connectivity index (χ3v) is 5.70. The number of aliphatic hydroxyl groups is 1. The van der Waals surface area contributed by atoms with E-state index in [-0.39, 0.29) is 25.3 Å². The Balaban J connectivity index is 1.67. The minimum Gasteiger partial charge on any atom is -0.450 e. The predicted molar refractivity (Wildman–Crippen MR) is 115 cm³/mol. The number of pyridine rings is 1. The van der Waals surface area contributed by atoms with Gasteiger partial charge < -0.3 is 25.4 Å². The second-order valence-corrected chi connectivity index (χ2v) is 7.91. The van der Waals surface area contributed by atoms with Crippen molar-refractivity contribution < 1.29 is 24.2 Å². The number of amides is 3. The number of ether oxygens (including phenoxy) is 1. The lowest BCUT2D eigenvalue weighted by Gasteiger charge is -2.26. The second-order valence-electron chi connectivity index (χ2n) is 7.91. The van der Waals surface area contributed by atoms with Crippen LogP contribution in [-0.2, 0) is 22.5 Å². The largest absolute Gasteiger partial charge is 0.450 e. The van der Waals surface area contributed by atoms with Crippen LogP contribution in [0.15, 0.2) is 18.3 Å². The summed E-state index contributed by atoms with van der Waals surface area (Å²) in [6, 6.07) is 3.30. The van der Waals surface area contributed by atoms with Crippen molar-refractivity contribution in [3.8, 4) is 17.7 Å². The van der Waals surface area contributed by atoms with Gasteiger partial charge >= 0.3 is 6.09 Å². The van der Waals surface area contributed by atoms with Gasteiger partial charge in [0.2, 0.25) is 5.60 Å². The van der Waals surface area contributed by atoms with Crippen molar-refractivity contribution >= 4 is 17.9 Å². The molecule has 11 heteroatoms. The van der Waals surface area contributed by atoms with Crippen LogP contribution in [-0.4, -0.2) is 79.9 Å². The van der Waals surface area contributed by atoms with Crippen molar-refractivity contribution in [3.05, 3.63) is 40.8 Å². The van der Waals surface area contributed by atoms with Crippen LogP contribution in [0.4, 0.5) is 4.79 Å². The molecule has 2 aromatic rings. The molecule has 0 aromatic carbocycles. The summed E-state index contributed by atoms with van der Waals surface area (Å²) >= 11 is 0. The number of nitrogens with zero attached hydrogens (tertiary/aromatic N) is 5. The van der Waals surface area contributed by atoms with Gasteiger partial charge in [-0.25, -0.2) is 14.5 Å². The van der Waals surface area contributed by atoms with E-state index in [4.69, 9.17) is 10.5 Å². The third kappa shape index (κ3) is 4.12. The molecule has 0 spiro atoms. The first-order chi connectivity index (χ1) is 15.7.